The van der Waals surface area contributed by atoms with Crippen LogP contribution < -0.4 is 5.73 Å². The number of nitrogens with zero attached hydrogens (tertiary/aromatic N) is 1. The van der Waals surface area contributed by atoms with Crippen LogP contribution in [0.3, 0.4) is 0 Å². The number of halogens is 1. The maximum Gasteiger partial charge on any atom is 0.270 e. The third kappa shape index (κ3) is 3.23. The van der Waals surface area contributed by atoms with Crippen LogP contribution in [0.5, 0.6) is 0 Å². The van der Waals surface area contributed by atoms with Crippen LogP contribution in [-0.4, -0.2) is 24.7 Å². The minimum absolute atomic E-state index is 0.00196. The van der Waals surface area contributed by atoms with Crippen LogP contribution in [0, 0.1) is 15.5 Å². The zero-order chi connectivity index (χ0) is 13.9. The number of benzene rings is 1. The summed E-state index contributed by atoms with van der Waals surface area (Å²) in [5, 5.41) is 11.1. The van der Waals surface area contributed by atoms with Gasteiger partial charge in [0, 0.05) is 25.3 Å². The molecule has 0 aromatic heterocycles. The highest BCUT2D eigenvalue weighted by Gasteiger charge is 2.32. The minimum atomic E-state index is -0.442. The summed E-state index contributed by atoms with van der Waals surface area (Å²) in [6.07, 6.45) is 2.54. The molecular formula is C13H17ClN2O3. The summed E-state index contributed by atoms with van der Waals surface area (Å²) in [4.78, 5) is 10.2. The van der Waals surface area contributed by atoms with E-state index in [1.807, 2.05) is 0 Å². The third-order valence-electron chi connectivity index (χ3n) is 3.80. The fourth-order valence-electron chi connectivity index (χ4n) is 2.45. The Hall–Kier alpha value is -1.17. The third-order valence-corrected chi connectivity index (χ3v) is 4.15. The number of ether oxygens (including phenoxy) is 1. The van der Waals surface area contributed by atoms with E-state index < -0.39 is 4.92 Å². The quantitative estimate of drug-likeness (QED) is 0.681. The number of nitrogens with two attached hydrogens (primary N) is 1. The van der Waals surface area contributed by atoms with Gasteiger partial charge in [-0.15, -0.1) is 0 Å². The van der Waals surface area contributed by atoms with E-state index in [1.165, 1.54) is 12.1 Å². The van der Waals surface area contributed by atoms with Crippen molar-refractivity contribution in [3.63, 3.8) is 0 Å². The van der Waals surface area contributed by atoms with Gasteiger partial charge in [-0.2, -0.15) is 0 Å². The standard InChI is InChI=1S/C13H17ClN2O3/c14-12-7-11(16(17)18)2-1-10(12)8-13(9-15)3-5-19-6-4-13/h1-2,7H,3-6,8-9,15H2. The fraction of sp³-hybridized carbons (Fsp3) is 0.538. The number of non-ortho nitro benzene ring substituents is 1. The van der Waals surface area contributed by atoms with E-state index in [0.717, 1.165) is 24.8 Å². The van der Waals surface area contributed by atoms with Crippen LogP contribution in [0.1, 0.15) is 18.4 Å². The first-order valence-electron chi connectivity index (χ1n) is 6.27. The molecule has 0 radical (unpaired) electrons. The lowest BCUT2D eigenvalue weighted by molar-refractivity contribution is -0.384. The Morgan fingerprint density at radius 3 is 2.63 bits per heavy atom. The van der Waals surface area contributed by atoms with Gasteiger partial charge in [0.05, 0.1) is 9.95 Å². The smallest absolute Gasteiger partial charge is 0.270 e. The van der Waals surface area contributed by atoms with E-state index in [-0.39, 0.29) is 11.1 Å². The largest absolute Gasteiger partial charge is 0.381 e. The summed E-state index contributed by atoms with van der Waals surface area (Å²) in [6, 6.07) is 4.62. The van der Waals surface area contributed by atoms with Gasteiger partial charge in [-0.25, -0.2) is 0 Å². The van der Waals surface area contributed by atoms with Crippen LogP contribution in [0.15, 0.2) is 18.2 Å². The maximum atomic E-state index is 10.7. The van der Waals surface area contributed by atoms with Gasteiger partial charge >= 0.3 is 0 Å². The molecule has 6 heteroatoms. The molecule has 0 bridgehead atoms. The molecule has 1 aromatic rings. The summed E-state index contributed by atoms with van der Waals surface area (Å²) in [5.41, 5.74) is 6.84. The molecule has 5 nitrogen and oxygen atoms in total. The molecule has 1 aliphatic rings. The van der Waals surface area contributed by atoms with Gasteiger partial charge in [-0.3, -0.25) is 10.1 Å². The average molecular weight is 285 g/mol. The predicted octanol–water partition coefficient (Wildman–Crippen LogP) is 2.55. The van der Waals surface area contributed by atoms with E-state index >= 15 is 0 Å². The average Bonchev–Trinajstić information content (AvgIpc) is 2.42. The monoisotopic (exact) mass is 284 g/mol. The van der Waals surface area contributed by atoms with E-state index in [1.54, 1.807) is 6.07 Å². The van der Waals surface area contributed by atoms with Gasteiger partial charge < -0.3 is 10.5 Å². The molecule has 1 aromatic carbocycles. The summed E-state index contributed by atoms with van der Waals surface area (Å²) < 4.78 is 5.37. The summed E-state index contributed by atoms with van der Waals surface area (Å²) in [6.45, 7) is 1.99. The normalized spacial score (nSPS) is 18.2. The second kappa shape index (κ2) is 5.86. The van der Waals surface area contributed by atoms with Crippen LogP contribution in [0.2, 0.25) is 5.02 Å². The first-order valence-corrected chi connectivity index (χ1v) is 6.65. The molecule has 2 N–H and O–H groups in total. The van der Waals surface area contributed by atoms with Gasteiger partial charge in [0.2, 0.25) is 0 Å². The van der Waals surface area contributed by atoms with E-state index in [9.17, 15) is 10.1 Å². The van der Waals surface area contributed by atoms with Crippen molar-refractivity contribution in [1.82, 2.24) is 0 Å². The molecule has 0 saturated carbocycles. The van der Waals surface area contributed by atoms with Gasteiger partial charge in [0.1, 0.15) is 0 Å². The summed E-state index contributed by atoms with van der Waals surface area (Å²) in [5.74, 6) is 0. The van der Waals surface area contributed by atoms with Gasteiger partial charge in [0.25, 0.3) is 5.69 Å². The van der Waals surface area contributed by atoms with Crippen molar-refractivity contribution in [3.8, 4) is 0 Å². The van der Waals surface area contributed by atoms with Crippen molar-refractivity contribution >= 4 is 17.3 Å². The second-order valence-corrected chi connectivity index (χ2v) is 5.43. The van der Waals surface area contributed by atoms with Crippen molar-refractivity contribution in [3.05, 3.63) is 38.9 Å². The predicted molar refractivity (Wildman–Crippen MR) is 73.4 cm³/mol. The second-order valence-electron chi connectivity index (χ2n) is 5.03. The topological polar surface area (TPSA) is 78.4 Å². The van der Waals surface area contributed by atoms with Crippen molar-refractivity contribution in [2.75, 3.05) is 19.8 Å². The Morgan fingerprint density at radius 2 is 2.11 bits per heavy atom. The number of nitro benzene ring substituents is 1. The van der Waals surface area contributed by atoms with E-state index in [2.05, 4.69) is 0 Å². The number of hydrogen-bond donors (Lipinski definition) is 1. The van der Waals surface area contributed by atoms with Crippen molar-refractivity contribution in [1.29, 1.82) is 0 Å². The molecule has 0 spiro atoms. The van der Waals surface area contributed by atoms with Crippen molar-refractivity contribution < 1.29 is 9.66 Å². The lowest BCUT2D eigenvalue weighted by Crippen LogP contribution is -2.38. The molecule has 0 aliphatic carbocycles. The van der Waals surface area contributed by atoms with Crippen LogP contribution in [0.25, 0.3) is 0 Å². The molecule has 1 heterocycles. The van der Waals surface area contributed by atoms with Gasteiger partial charge in [-0.1, -0.05) is 17.7 Å². The lowest BCUT2D eigenvalue weighted by Gasteiger charge is -2.36. The maximum absolute atomic E-state index is 10.7. The Bertz CT molecular complexity index is 473. The van der Waals surface area contributed by atoms with Gasteiger partial charge in [-0.05, 0) is 36.8 Å². The van der Waals surface area contributed by atoms with Crippen LogP contribution in [-0.2, 0) is 11.2 Å². The van der Waals surface area contributed by atoms with Crippen LogP contribution in [0.4, 0.5) is 5.69 Å². The van der Waals surface area contributed by atoms with E-state index in [0.29, 0.717) is 24.8 Å². The first kappa shape index (κ1) is 14.2. The SMILES string of the molecule is NCC1(Cc2ccc([N+](=O)[O-])cc2Cl)CCOCC1. The Balaban J connectivity index is 2.20. The highest BCUT2D eigenvalue weighted by molar-refractivity contribution is 6.31. The van der Waals surface area contributed by atoms with E-state index in [4.69, 9.17) is 22.1 Å². The molecule has 2 rings (SSSR count). The number of hydrogen-bond acceptors (Lipinski definition) is 4. The Morgan fingerprint density at radius 1 is 1.42 bits per heavy atom. The number of rotatable bonds is 4. The highest BCUT2D eigenvalue weighted by atomic mass is 35.5. The molecule has 104 valence electrons. The number of nitro groups is 1. The zero-order valence-corrected chi connectivity index (χ0v) is 11.4. The highest BCUT2D eigenvalue weighted by Crippen LogP contribution is 2.36. The molecule has 0 amide bonds. The molecule has 0 atom stereocenters. The van der Waals surface area contributed by atoms with Gasteiger partial charge in [0.15, 0.2) is 0 Å². The lowest BCUT2D eigenvalue weighted by atomic mass is 9.75. The fourth-order valence-corrected chi connectivity index (χ4v) is 2.70. The molecule has 0 unspecified atom stereocenters. The Labute approximate surface area is 116 Å². The molecule has 19 heavy (non-hydrogen) atoms. The summed E-state index contributed by atoms with van der Waals surface area (Å²) in [7, 11) is 0. The van der Waals surface area contributed by atoms with Crippen LogP contribution >= 0.6 is 11.6 Å². The first-order chi connectivity index (χ1) is 9.06. The molecule has 1 aliphatic heterocycles. The molecule has 1 fully saturated rings. The Kier molecular flexibility index (Phi) is 4.39. The summed E-state index contributed by atoms with van der Waals surface area (Å²) >= 11 is 6.14. The van der Waals surface area contributed by atoms with Crippen molar-refractivity contribution in [2.45, 2.75) is 19.3 Å². The zero-order valence-electron chi connectivity index (χ0n) is 10.6. The van der Waals surface area contributed by atoms with Crippen molar-refractivity contribution in [2.24, 2.45) is 11.1 Å². The molecular weight excluding hydrogens is 268 g/mol. The molecule has 1 saturated heterocycles. The minimum Gasteiger partial charge on any atom is -0.381 e.